The minimum absolute atomic E-state index is 0.0425. The molecule has 1 N–H and O–H groups in total. The van der Waals surface area contributed by atoms with Gasteiger partial charge in [0.2, 0.25) is 11.7 Å². The average Bonchev–Trinajstić information content (AvgIpc) is 3.13. The lowest BCUT2D eigenvalue weighted by molar-refractivity contribution is -0.122. The molecule has 29 heavy (non-hydrogen) atoms. The second-order valence-corrected chi connectivity index (χ2v) is 6.44. The van der Waals surface area contributed by atoms with Crippen molar-refractivity contribution in [2.45, 2.75) is 20.0 Å². The van der Waals surface area contributed by atoms with Crippen LogP contribution < -0.4 is 5.32 Å². The van der Waals surface area contributed by atoms with Crippen LogP contribution in [0.25, 0.3) is 11.4 Å². The number of carbonyl (C=O) groups is 2. The lowest BCUT2D eigenvalue weighted by atomic mass is 10.2. The van der Waals surface area contributed by atoms with E-state index in [0.717, 1.165) is 16.3 Å². The van der Waals surface area contributed by atoms with Crippen LogP contribution in [0.1, 0.15) is 23.1 Å². The van der Waals surface area contributed by atoms with Crippen LogP contribution in [0.15, 0.2) is 48.5 Å². The molecule has 0 unspecified atom stereocenters. The fourth-order valence-electron chi connectivity index (χ4n) is 2.54. The maximum absolute atomic E-state index is 13.8. The van der Waals surface area contributed by atoms with E-state index in [1.807, 2.05) is 30.3 Å². The molecule has 0 bridgehead atoms. The van der Waals surface area contributed by atoms with Crippen molar-refractivity contribution in [1.82, 2.24) is 20.1 Å². The smallest absolute Gasteiger partial charge is 0.376 e. The number of benzene rings is 2. The second kappa shape index (κ2) is 9.29. The van der Waals surface area contributed by atoms with Gasteiger partial charge >= 0.3 is 5.97 Å². The minimum atomic E-state index is -0.725. The van der Waals surface area contributed by atoms with E-state index < -0.39 is 11.8 Å². The maximum atomic E-state index is 13.8. The van der Waals surface area contributed by atoms with Crippen molar-refractivity contribution >= 4 is 23.5 Å². The highest BCUT2D eigenvalue weighted by Gasteiger charge is 2.21. The zero-order valence-electron chi connectivity index (χ0n) is 15.6. The van der Waals surface area contributed by atoms with E-state index in [0.29, 0.717) is 12.1 Å². The van der Waals surface area contributed by atoms with Crippen molar-refractivity contribution in [2.75, 3.05) is 6.61 Å². The molecule has 1 heterocycles. The number of amides is 1. The van der Waals surface area contributed by atoms with Gasteiger partial charge < -0.3 is 10.1 Å². The number of esters is 1. The molecule has 0 fully saturated rings. The zero-order valence-corrected chi connectivity index (χ0v) is 16.3. The molecular formula is C20H18ClFN4O3. The lowest BCUT2D eigenvalue weighted by Gasteiger charge is -2.07. The first-order valence-corrected chi connectivity index (χ1v) is 9.23. The molecule has 1 amide bonds. The first-order chi connectivity index (χ1) is 14.0. The molecule has 3 aromatic rings. The summed E-state index contributed by atoms with van der Waals surface area (Å²) >= 11 is 5.70. The summed E-state index contributed by atoms with van der Waals surface area (Å²) in [5.74, 6) is -1.79. The van der Waals surface area contributed by atoms with Gasteiger partial charge in [-0.05, 0) is 30.7 Å². The molecule has 0 aliphatic heterocycles. The topological polar surface area (TPSA) is 86.1 Å². The molecule has 0 aliphatic carbocycles. The van der Waals surface area contributed by atoms with Crippen LogP contribution in [-0.2, 0) is 22.6 Å². The van der Waals surface area contributed by atoms with Gasteiger partial charge in [-0.15, -0.1) is 5.10 Å². The molecule has 2 aromatic carbocycles. The first-order valence-electron chi connectivity index (χ1n) is 8.86. The third kappa shape index (κ3) is 5.17. The van der Waals surface area contributed by atoms with Crippen molar-refractivity contribution < 1.29 is 18.7 Å². The Bertz CT molecular complexity index is 1020. The summed E-state index contributed by atoms with van der Waals surface area (Å²) in [6.45, 7) is 1.87. The van der Waals surface area contributed by atoms with Crippen molar-refractivity contribution in [3.8, 4) is 11.4 Å². The van der Waals surface area contributed by atoms with Gasteiger partial charge in [-0.1, -0.05) is 41.9 Å². The van der Waals surface area contributed by atoms with Gasteiger partial charge in [0, 0.05) is 12.1 Å². The molecule has 150 valence electrons. The molecule has 7 nitrogen and oxygen atoms in total. The Labute approximate surface area is 171 Å². The van der Waals surface area contributed by atoms with E-state index in [9.17, 15) is 14.0 Å². The number of aromatic nitrogens is 3. The van der Waals surface area contributed by atoms with Crippen LogP contribution in [0.2, 0.25) is 5.02 Å². The molecule has 1 aromatic heterocycles. The van der Waals surface area contributed by atoms with Crippen molar-refractivity contribution in [3.05, 3.63) is 70.8 Å². The highest BCUT2D eigenvalue weighted by Crippen LogP contribution is 2.22. The van der Waals surface area contributed by atoms with Gasteiger partial charge in [-0.25, -0.2) is 18.9 Å². The van der Waals surface area contributed by atoms with Crippen LogP contribution in [0.4, 0.5) is 4.39 Å². The van der Waals surface area contributed by atoms with Gasteiger partial charge in [0.1, 0.15) is 12.4 Å². The normalized spacial score (nSPS) is 10.6. The fourth-order valence-corrected chi connectivity index (χ4v) is 2.66. The van der Waals surface area contributed by atoms with Crippen LogP contribution >= 0.6 is 11.6 Å². The first kappa shape index (κ1) is 20.5. The average molecular weight is 417 g/mol. The summed E-state index contributed by atoms with van der Waals surface area (Å²) in [6, 6.07) is 13.4. The Kier molecular flexibility index (Phi) is 6.56. The Morgan fingerprint density at radius 1 is 1.21 bits per heavy atom. The SMILES string of the molecule is CCOC(=O)c1nc(-c2ccc(Cl)c(F)c2)nn1CC(=O)NCc1ccccc1. The molecule has 0 radical (unpaired) electrons. The van der Waals surface area contributed by atoms with E-state index in [2.05, 4.69) is 15.4 Å². The Morgan fingerprint density at radius 2 is 1.97 bits per heavy atom. The Balaban J connectivity index is 1.81. The van der Waals surface area contributed by atoms with Gasteiger partial charge in [0.05, 0.1) is 11.6 Å². The molecule has 0 spiro atoms. The summed E-state index contributed by atoms with van der Waals surface area (Å²) in [5, 5.41) is 6.90. The van der Waals surface area contributed by atoms with Crippen LogP contribution in [0.3, 0.4) is 0 Å². The van der Waals surface area contributed by atoms with Crippen LogP contribution in [0, 0.1) is 5.82 Å². The van der Waals surface area contributed by atoms with Gasteiger partial charge in [0.15, 0.2) is 5.82 Å². The van der Waals surface area contributed by atoms with E-state index in [1.54, 1.807) is 6.92 Å². The summed E-state index contributed by atoms with van der Waals surface area (Å²) < 4.78 is 19.9. The van der Waals surface area contributed by atoms with Gasteiger partial charge in [-0.3, -0.25) is 4.79 Å². The van der Waals surface area contributed by atoms with Crippen molar-refractivity contribution in [1.29, 1.82) is 0 Å². The molecule has 3 rings (SSSR count). The molecule has 0 atom stereocenters. The Morgan fingerprint density at radius 3 is 2.66 bits per heavy atom. The summed E-state index contributed by atoms with van der Waals surface area (Å²) in [5.41, 5.74) is 1.25. The number of carbonyl (C=O) groups excluding carboxylic acids is 2. The van der Waals surface area contributed by atoms with Crippen LogP contribution in [-0.4, -0.2) is 33.2 Å². The number of rotatable bonds is 7. The van der Waals surface area contributed by atoms with E-state index >= 15 is 0 Å². The number of nitrogens with one attached hydrogen (secondary N) is 1. The van der Waals surface area contributed by atoms with Gasteiger partial charge in [0.25, 0.3) is 0 Å². The van der Waals surface area contributed by atoms with E-state index in [1.165, 1.54) is 12.1 Å². The maximum Gasteiger partial charge on any atom is 0.376 e. The van der Waals surface area contributed by atoms with E-state index in [-0.39, 0.29) is 35.7 Å². The van der Waals surface area contributed by atoms with Gasteiger partial charge in [-0.2, -0.15) is 0 Å². The largest absolute Gasteiger partial charge is 0.460 e. The lowest BCUT2D eigenvalue weighted by Crippen LogP contribution is -2.29. The minimum Gasteiger partial charge on any atom is -0.460 e. The van der Waals surface area contributed by atoms with Crippen LogP contribution in [0.5, 0.6) is 0 Å². The Hall–Kier alpha value is -3.26. The monoisotopic (exact) mass is 416 g/mol. The number of nitrogens with zero attached hydrogens (tertiary/aromatic N) is 3. The molecule has 0 aliphatic rings. The van der Waals surface area contributed by atoms with Crippen molar-refractivity contribution in [2.24, 2.45) is 0 Å². The predicted octanol–water partition coefficient (Wildman–Crippen LogP) is 3.23. The molecule has 0 saturated heterocycles. The third-order valence-electron chi connectivity index (χ3n) is 3.93. The summed E-state index contributed by atoms with van der Waals surface area (Å²) in [7, 11) is 0. The zero-order chi connectivity index (χ0) is 20.8. The summed E-state index contributed by atoms with van der Waals surface area (Å²) in [4.78, 5) is 28.7. The standard InChI is InChI=1S/C20H18ClFN4O3/c1-2-29-20(28)19-24-18(14-8-9-15(21)16(22)10-14)25-26(19)12-17(27)23-11-13-6-4-3-5-7-13/h3-10H,2,11-12H2,1H3,(H,23,27). The molecular weight excluding hydrogens is 399 g/mol. The molecule has 9 heteroatoms. The number of ether oxygens (including phenoxy) is 1. The fraction of sp³-hybridized carbons (Fsp3) is 0.200. The highest BCUT2D eigenvalue weighted by molar-refractivity contribution is 6.30. The third-order valence-corrected chi connectivity index (χ3v) is 4.24. The highest BCUT2D eigenvalue weighted by atomic mass is 35.5. The van der Waals surface area contributed by atoms with Crippen molar-refractivity contribution in [3.63, 3.8) is 0 Å². The second-order valence-electron chi connectivity index (χ2n) is 6.03. The molecule has 0 saturated carbocycles. The number of hydrogen-bond acceptors (Lipinski definition) is 5. The quantitative estimate of drug-likeness (QED) is 0.597. The van der Waals surface area contributed by atoms with E-state index in [4.69, 9.17) is 16.3 Å². The summed E-state index contributed by atoms with van der Waals surface area (Å²) in [6.07, 6.45) is 0. The number of halogens is 2. The predicted molar refractivity (Wildman–Crippen MR) is 105 cm³/mol. The number of hydrogen-bond donors (Lipinski definition) is 1.